The highest BCUT2D eigenvalue weighted by atomic mass is 79.9. The minimum atomic E-state index is -0.907. The lowest BCUT2D eigenvalue weighted by Crippen LogP contribution is -1.98. The van der Waals surface area contributed by atoms with Gasteiger partial charge in [0.1, 0.15) is 5.76 Å². The lowest BCUT2D eigenvalue weighted by molar-refractivity contribution is -0.132. The third kappa shape index (κ3) is 2.73. The van der Waals surface area contributed by atoms with Crippen LogP contribution in [0.5, 0.6) is 0 Å². The minimum absolute atomic E-state index is 0.335. The Hall–Kier alpha value is -1.03. The van der Waals surface area contributed by atoms with E-state index in [0.717, 1.165) is 0 Å². The largest absolute Gasteiger partial charge is 0.478 e. The van der Waals surface area contributed by atoms with Crippen LogP contribution in [-0.2, 0) is 4.79 Å². The van der Waals surface area contributed by atoms with Crippen LogP contribution in [0.15, 0.2) is 26.8 Å². The van der Waals surface area contributed by atoms with Crippen LogP contribution < -0.4 is 0 Å². The summed E-state index contributed by atoms with van der Waals surface area (Å²) in [5, 5.41) is 8.72. The van der Waals surface area contributed by atoms with Crippen LogP contribution in [0, 0.1) is 0 Å². The van der Waals surface area contributed by atoms with E-state index < -0.39 is 5.97 Å². The minimum Gasteiger partial charge on any atom is -0.478 e. The number of carboxylic acids is 1. The predicted molar refractivity (Wildman–Crippen MR) is 52.3 cm³/mol. The van der Waals surface area contributed by atoms with Crippen molar-refractivity contribution >= 4 is 28.0 Å². The molecule has 1 rings (SSSR count). The standard InChI is InChI=1S/C9H9BrO3/c1-2-6(9(11)12)5-7-3-4-8(10)13-7/h3-5H,2H2,1H3,(H,11,12). The molecule has 0 radical (unpaired) electrons. The fraction of sp³-hybridized carbons (Fsp3) is 0.222. The van der Waals surface area contributed by atoms with Crippen LogP contribution >= 0.6 is 15.9 Å². The number of carboxylic acid groups (broad SMARTS) is 1. The van der Waals surface area contributed by atoms with Crippen molar-refractivity contribution in [2.24, 2.45) is 0 Å². The van der Waals surface area contributed by atoms with Crippen LogP contribution in [0.25, 0.3) is 6.08 Å². The first-order valence-corrected chi connectivity index (χ1v) is 4.62. The molecule has 70 valence electrons. The molecule has 0 fully saturated rings. The molecular weight excluding hydrogens is 236 g/mol. The van der Waals surface area contributed by atoms with Gasteiger partial charge in [0, 0.05) is 5.57 Å². The molecule has 4 heteroatoms. The van der Waals surface area contributed by atoms with Crippen LogP contribution in [0.2, 0.25) is 0 Å². The second-order valence-electron chi connectivity index (χ2n) is 2.47. The van der Waals surface area contributed by atoms with E-state index in [1.807, 2.05) is 0 Å². The molecule has 0 spiro atoms. The summed E-state index contributed by atoms with van der Waals surface area (Å²) in [5.74, 6) is -0.360. The summed E-state index contributed by atoms with van der Waals surface area (Å²) in [6.07, 6.45) is 2.00. The Morgan fingerprint density at radius 3 is 2.77 bits per heavy atom. The topological polar surface area (TPSA) is 50.4 Å². The maximum Gasteiger partial charge on any atom is 0.331 e. The summed E-state index contributed by atoms with van der Waals surface area (Å²) in [7, 11) is 0. The van der Waals surface area contributed by atoms with Gasteiger partial charge in [-0.2, -0.15) is 0 Å². The zero-order valence-corrected chi connectivity index (χ0v) is 8.67. The third-order valence-corrected chi connectivity index (χ3v) is 1.99. The Kier molecular flexibility index (Phi) is 3.31. The highest BCUT2D eigenvalue weighted by molar-refractivity contribution is 9.10. The van der Waals surface area contributed by atoms with Crippen molar-refractivity contribution in [1.29, 1.82) is 0 Å². The number of carbonyl (C=O) groups is 1. The van der Waals surface area contributed by atoms with Gasteiger partial charge in [-0.15, -0.1) is 0 Å². The van der Waals surface area contributed by atoms with Crippen molar-refractivity contribution < 1.29 is 14.3 Å². The molecule has 0 aliphatic carbocycles. The molecule has 0 saturated carbocycles. The zero-order valence-electron chi connectivity index (χ0n) is 7.08. The maximum atomic E-state index is 10.6. The monoisotopic (exact) mass is 244 g/mol. The van der Waals surface area contributed by atoms with Gasteiger partial charge in [-0.1, -0.05) is 6.92 Å². The maximum absolute atomic E-state index is 10.6. The van der Waals surface area contributed by atoms with Gasteiger partial charge in [0.25, 0.3) is 0 Å². The quantitative estimate of drug-likeness (QED) is 0.833. The molecule has 0 saturated heterocycles. The lowest BCUT2D eigenvalue weighted by atomic mass is 10.2. The average molecular weight is 245 g/mol. The van der Waals surface area contributed by atoms with Crippen molar-refractivity contribution in [3.05, 3.63) is 28.1 Å². The molecule has 0 amide bonds. The first kappa shape index (κ1) is 10.1. The van der Waals surface area contributed by atoms with Crippen LogP contribution in [-0.4, -0.2) is 11.1 Å². The molecule has 0 atom stereocenters. The van der Waals surface area contributed by atoms with Gasteiger partial charge in [0.05, 0.1) is 0 Å². The lowest BCUT2D eigenvalue weighted by Gasteiger charge is -1.94. The van der Waals surface area contributed by atoms with Gasteiger partial charge in [0.2, 0.25) is 0 Å². The number of aliphatic carboxylic acids is 1. The fourth-order valence-electron chi connectivity index (χ4n) is 0.893. The molecule has 1 aromatic rings. The van der Waals surface area contributed by atoms with Crippen LogP contribution in [0.1, 0.15) is 19.1 Å². The number of hydrogen-bond acceptors (Lipinski definition) is 2. The molecule has 13 heavy (non-hydrogen) atoms. The highest BCUT2D eigenvalue weighted by Crippen LogP contribution is 2.17. The molecule has 0 unspecified atom stereocenters. The Morgan fingerprint density at radius 1 is 1.69 bits per heavy atom. The Labute approximate surface area is 84.2 Å². The summed E-state index contributed by atoms with van der Waals surface area (Å²) < 4.78 is 5.74. The molecule has 0 aliphatic heterocycles. The number of furan rings is 1. The Morgan fingerprint density at radius 2 is 2.38 bits per heavy atom. The molecular formula is C9H9BrO3. The summed E-state index contributed by atoms with van der Waals surface area (Å²) in [6, 6.07) is 3.43. The average Bonchev–Trinajstić information content (AvgIpc) is 2.46. The molecule has 1 heterocycles. The van der Waals surface area contributed by atoms with Gasteiger partial charge in [0.15, 0.2) is 4.67 Å². The van der Waals surface area contributed by atoms with E-state index in [0.29, 0.717) is 22.4 Å². The zero-order chi connectivity index (χ0) is 9.84. The van der Waals surface area contributed by atoms with E-state index in [1.165, 1.54) is 6.08 Å². The summed E-state index contributed by atoms with van der Waals surface area (Å²) >= 11 is 3.14. The van der Waals surface area contributed by atoms with Gasteiger partial charge in [-0.25, -0.2) is 4.79 Å². The first-order chi connectivity index (χ1) is 6.13. The van der Waals surface area contributed by atoms with Crippen molar-refractivity contribution in [3.8, 4) is 0 Å². The first-order valence-electron chi connectivity index (χ1n) is 3.82. The van der Waals surface area contributed by atoms with Gasteiger partial charge >= 0.3 is 5.97 Å². The predicted octanol–water partition coefficient (Wildman–Crippen LogP) is 2.92. The van der Waals surface area contributed by atoms with Crippen LogP contribution in [0.4, 0.5) is 0 Å². The van der Waals surface area contributed by atoms with E-state index >= 15 is 0 Å². The Balaban J connectivity index is 2.91. The number of halogens is 1. The normalized spacial score (nSPS) is 11.7. The fourth-order valence-corrected chi connectivity index (χ4v) is 1.21. The summed E-state index contributed by atoms with van der Waals surface area (Å²) in [5.41, 5.74) is 0.335. The van der Waals surface area contributed by atoms with Gasteiger partial charge in [-0.3, -0.25) is 0 Å². The molecule has 0 aliphatic rings. The van der Waals surface area contributed by atoms with Crippen molar-refractivity contribution in [3.63, 3.8) is 0 Å². The molecule has 1 N–H and O–H groups in total. The smallest absolute Gasteiger partial charge is 0.331 e. The molecule has 0 bridgehead atoms. The van der Waals surface area contributed by atoms with E-state index in [-0.39, 0.29) is 0 Å². The van der Waals surface area contributed by atoms with Crippen molar-refractivity contribution in [2.45, 2.75) is 13.3 Å². The van der Waals surface area contributed by atoms with E-state index in [1.54, 1.807) is 19.1 Å². The summed E-state index contributed by atoms with van der Waals surface area (Å²) in [4.78, 5) is 10.6. The second kappa shape index (κ2) is 4.28. The highest BCUT2D eigenvalue weighted by Gasteiger charge is 2.05. The van der Waals surface area contributed by atoms with Crippen molar-refractivity contribution in [1.82, 2.24) is 0 Å². The van der Waals surface area contributed by atoms with Gasteiger partial charge in [-0.05, 0) is 40.6 Å². The summed E-state index contributed by atoms with van der Waals surface area (Å²) in [6.45, 7) is 1.79. The van der Waals surface area contributed by atoms with Gasteiger partial charge < -0.3 is 9.52 Å². The van der Waals surface area contributed by atoms with Crippen molar-refractivity contribution in [2.75, 3.05) is 0 Å². The second-order valence-corrected chi connectivity index (χ2v) is 3.25. The Bertz CT molecular complexity index is 338. The number of hydrogen-bond donors (Lipinski definition) is 1. The molecule has 3 nitrogen and oxygen atoms in total. The molecule has 0 aromatic carbocycles. The van der Waals surface area contributed by atoms with E-state index in [2.05, 4.69) is 15.9 Å². The number of rotatable bonds is 3. The van der Waals surface area contributed by atoms with E-state index in [9.17, 15) is 4.79 Å². The molecule has 1 aromatic heterocycles. The van der Waals surface area contributed by atoms with E-state index in [4.69, 9.17) is 9.52 Å². The SMILES string of the molecule is CCC(=Cc1ccc(Br)o1)C(=O)O. The third-order valence-electron chi connectivity index (χ3n) is 1.57. The van der Waals surface area contributed by atoms with Crippen LogP contribution in [0.3, 0.4) is 0 Å².